The molecule has 8 heteroatoms. The van der Waals surface area contributed by atoms with Crippen LogP contribution in [-0.2, 0) is 11.3 Å². The van der Waals surface area contributed by atoms with Crippen molar-refractivity contribution >= 4 is 22.6 Å². The standard InChI is InChI=1S/C24H25N5O3/c30-23(26-10-12-27-13-15-32-16-14-27)19-7-5-18(6-8-19)17-29-22-20(3-1-9-25-22)28-11-2-4-21(28)24(29)31/h1-9,11H,10,12-17H2,(H,26,30). The molecule has 164 valence electrons. The molecule has 4 aromatic rings. The van der Waals surface area contributed by atoms with E-state index < -0.39 is 0 Å². The van der Waals surface area contributed by atoms with Crippen LogP contribution in [-0.4, -0.2) is 64.2 Å². The normalized spacial score (nSPS) is 14.8. The summed E-state index contributed by atoms with van der Waals surface area (Å²) >= 11 is 0. The highest BCUT2D eigenvalue weighted by Crippen LogP contribution is 2.15. The average Bonchev–Trinajstić information content (AvgIpc) is 3.33. The second-order valence-corrected chi connectivity index (χ2v) is 7.91. The molecule has 3 aromatic heterocycles. The number of nitrogens with zero attached hydrogens (tertiary/aromatic N) is 4. The summed E-state index contributed by atoms with van der Waals surface area (Å²) in [6.45, 7) is 5.11. The van der Waals surface area contributed by atoms with Crippen molar-refractivity contribution in [2.45, 2.75) is 6.54 Å². The molecular formula is C24H25N5O3. The van der Waals surface area contributed by atoms with Crippen molar-refractivity contribution in [3.8, 4) is 0 Å². The highest BCUT2D eigenvalue weighted by Gasteiger charge is 2.13. The van der Waals surface area contributed by atoms with Gasteiger partial charge in [0.25, 0.3) is 11.5 Å². The molecule has 0 spiro atoms. The van der Waals surface area contributed by atoms with Crippen molar-refractivity contribution in [3.63, 3.8) is 0 Å². The maximum absolute atomic E-state index is 13.1. The Labute approximate surface area is 185 Å². The molecule has 1 amide bonds. The quantitative estimate of drug-likeness (QED) is 0.503. The molecule has 1 aliphatic rings. The first-order valence-electron chi connectivity index (χ1n) is 10.8. The Hall–Kier alpha value is -3.49. The van der Waals surface area contributed by atoms with E-state index in [-0.39, 0.29) is 11.5 Å². The first-order chi connectivity index (χ1) is 15.7. The van der Waals surface area contributed by atoms with Gasteiger partial charge in [0.1, 0.15) is 5.52 Å². The molecule has 5 rings (SSSR count). The lowest BCUT2D eigenvalue weighted by Crippen LogP contribution is -2.41. The minimum absolute atomic E-state index is 0.0915. The molecule has 0 saturated carbocycles. The van der Waals surface area contributed by atoms with Crippen LogP contribution >= 0.6 is 0 Å². The Bertz CT molecular complexity index is 1300. The Balaban J connectivity index is 1.30. The van der Waals surface area contributed by atoms with Crippen LogP contribution in [0.4, 0.5) is 0 Å². The van der Waals surface area contributed by atoms with E-state index >= 15 is 0 Å². The van der Waals surface area contributed by atoms with E-state index in [4.69, 9.17) is 4.74 Å². The molecule has 1 N–H and O–H groups in total. The van der Waals surface area contributed by atoms with Crippen LogP contribution < -0.4 is 10.9 Å². The van der Waals surface area contributed by atoms with E-state index in [2.05, 4.69) is 15.2 Å². The minimum Gasteiger partial charge on any atom is -0.379 e. The van der Waals surface area contributed by atoms with Crippen molar-refractivity contribution in [2.24, 2.45) is 0 Å². The first kappa shape index (κ1) is 20.4. The van der Waals surface area contributed by atoms with Crippen LogP contribution in [0.5, 0.6) is 0 Å². The van der Waals surface area contributed by atoms with Crippen molar-refractivity contribution in [1.29, 1.82) is 0 Å². The summed E-state index contributed by atoms with van der Waals surface area (Å²) in [5.74, 6) is -0.0938. The largest absolute Gasteiger partial charge is 0.379 e. The molecule has 8 nitrogen and oxygen atoms in total. The van der Waals surface area contributed by atoms with E-state index in [1.54, 1.807) is 22.9 Å². The minimum atomic E-state index is -0.0938. The molecule has 0 radical (unpaired) electrons. The molecule has 1 aliphatic heterocycles. The number of nitrogens with one attached hydrogen (secondary N) is 1. The maximum atomic E-state index is 13.1. The fourth-order valence-electron chi connectivity index (χ4n) is 4.13. The Morgan fingerprint density at radius 3 is 2.62 bits per heavy atom. The summed E-state index contributed by atoms with van der Waals surface area (Å²) in [6.07, 6.45) is 3.56. The van der Waals surface area contributed by atoms with Crippen molar-refractivity contribution in [1.82, 2.24) is 24.2 Å². The third-order valence-corrected chi connectivity index (χ3v) is 5.87. The van der Waals surface area contributed by atoms with E-state index in [0.717, 1.165) is 43.9 Å². The van der Waals surface area contributed by atoms with E-state index in [1.807, 2.05) is 47.0 Å². The Morgan fingerprint density at radius 2 is 1.81 bits per heavy atom. The number of fused-ring (bicyclic) bond motifs is 3. The molecule has 1 aromatic carbocycles. The van der Waals surface area contributed by atoms with Gasteiger partial charge in [-0.25, -0.2) is 4.98 Å². The molecule has 1 fully saturated rings. The summed E-state index contributed by atoms with van der Waals surface area (Å²) in [7, 11) is 0. The van der Waals surface area contributed by atoms with Gasteiger partial charge in [-0.15, -0.1) is 0 Å². The number of hydrogen-bond donors (Lipinski definition) is 1. The van der Waals surface area contributed by atoms with Crippen LogP contribution in [0.25, 0.3) is 16.7 Å². The highest BCUT2D eigenvalue weighted by atomic mass is 16.5. The van der Waals surface area contributed by atoms with Gasteiger partial charge in [0.15, 0.2) is 5.65 Å². The number of amides is 1. The molecule has 0 atom stereocenters. The van der Waals surface area contributed by atoms with Crippen LogP contribution in [0.15, 0.2) is 65.7 Å². The van der Waals surface area contributed by atoms with Gasteiger partial charge in [0.2, 0.25) is 0 Å². The van der Waals surface area contributed by atoms with Gasteiger partial charge in [-0.05, 0) is 42.0 Å². The predicted molar refractivity (Wildman–Crippen MR) is 122 cm³/mol. The summed E-state index contributed by atoms with van der Waals surface area (Å²) in [6, 6.07) is 14.9. The average molecular weight is 431 g/mol. The van der Waals surface area contributed by atoms with Crippen molar-refractivity contribution < 1.29 is 9.53 Å². The van der Waals surface area contributed by atoms with Crippen LogP contribution in [0.1, 0.15) is 15.9 Å². The third kappa shape index (κ3) is 4.02. The van der Waals surface area contributed by atoms with Crippen LogP contribution in [0.3, 0.4) is 0 Å². The van der Waals surface area contributed by atoms with Gasteiger partial charge < -0.3 is 14.5 Å². The Kier molecular flexibility index (Phi) is 5.70. The maximum Gasteiger partial charge on any atom is 0.276 e. The van der Waals surface area contributed by atoms with Gasteiger partial charge in [-0.1, -0.05) is 12.1 Å². The molecule has 1 saturated heterocycles. The number of rotatable bonds is 6. The number of benzene rings is 1. The van der Waals surface area contributed by atoms with Gasteiger partial charge >= 0.3 is 0 Å². The number of pyridine rings is 1. The van der Waals surface area contributed by atoms with Crippen molar-refractivity contribution in [3.05, 3.63) is 82.4 Å². The molecular weight excluding hydrogens is 406 g/mol. The second kappa shape index (κ2) is 8.94. The van der Waals surface area contributed by atoms with E-state index in [1.165, 1.54) is 0 Å². The van der Waals surface area contributed by atoms with Gasteiger partial charge in [0.05, 0.1) is 25.3 Å². The predicted octanol–water partition coefficient (Wildman–Crippen LogP) is 1.76. The van der Waals surface area contributed by atoms with Crippen LogP contribution in [0, 0.1) is 0 Å². The SMILES string of the molecule is O=C(NCCN1CCOCC1)c1ccc(Cn2c(=O)c3cccn3c3cccnc32)cc1. The zero-order valence-corrected chi connectivity index (χ0v) is 17.7. The number of morpholine rings is 1. The lowest BCUT2D eigenvalue weighted by Gasteiger charge is -2.26. The number of carbonyl (C=O) groups is 1. The zero-order chi connectivity index (χ0) is 21.9. The van der Waals surface area contributed by atoms with Gasteiger partial charge in [-0.3, -0.25) is 19.1 Å². The summed E-state index contributed by atoms with van der Waals surface area (Å²) in [4.78, 5) is 32.3. The molecule has 0 bridgehead atoms. The first-order valence-corrected chi connectivity index (χ1v) is 10.8. The van der Waals surface area contributed by atoms with Gasteiger partial charge in [-0.2, -0.15) is 0 Å². The monoisotopic (exact) mass is 431 g/mol. The van der Waals surface area contributed by atoms with Crippen LogP contribution in [0.2, 0.25) is 0 Å². The third-order valence-electron chi connectivity index (χ3n) is 5.87. The zero-order valence-electron chi connectivity index (χ0n) is 17.7. The summed E-state index contributed by atoms with van der Waals surface area (Å²) < 4.78 is 8.89. The number of carbonyl (C=O) groups excluding carboxylic acids is 1. The topological polar surface area (TPSA) is 80.9 Å². The Morgan fingerprint density at radius 1 is 1.03 bits per heavy atom. The highest BCUT2D eigenvalue weighted by molar-refractivity contribution is 5.94. The summed E-state index contributed by atoms with van der Waals surface area (Å²) in [5.41, 5.74) is 3.57. The van der Waals surface area contributed by atoms with Gasteiger partial charge in [0, 0.05) is 44.1 Å². The van der Waals surface area contributed by atoms with Crippen molar-refractivity contribution in [2.75, 3.05) is 39.4 Å². The fraction of sp³-hybridized carbons (Fsp3) is 0.292. The lowest BCUT2D eigenvalue weighted by atomic mass is 10.1. The number of hydrogen-bond acceptors (Lipinski definition) is 5. The lowest BCUT2D eigenvalue weighted by molar-refractivity contribution is 0.0383. The summed E-state index contributed by atoms with van der Waals surface area (Å²) in [5, 5.41) is 2.98. The second-order valence-electron chi connectivity index (χ2n) is 7.91. The molecule has 4 heterocycles. The number of ether oxygens (including phenoxy) is 1. The number of aromatic nitrogens is 3. The fourth-order valence-corrected chi connectivity index (χ4v) is 4.13. The van der Waals surface area contributed by atoms with E-state index in [0.29, 0.717) is 29.8 Å². The molecule has 0 aliphatic carbocycles. The molecule has 32 heavy (non-hydrogen) atoms. The smallest absolute Gasteiger partial charge is 0.276 e. The van der Waals surface area contributed by atoms with E-state index in [9.17, 15) is 9.59 Å². The molecule has 0 unspecified atom stereocenters.